The summed E-state index contributed by atoms with van der Waals surface area (Å²) in [6, 6.07) is 1.75. The van der Waals surface area contributed by atoms with Gasteiger partial charge < -0.3 is 9.80 Å². The Kier molecular flexibility index (Phi) is 5.88. The Bertz CT molecular complexity index is 799. The number of likely N-dealkylation sites (tertiary alicyclic amines) is 1. The van der Waals surface area contributed by atoms with E-state index in [2.05, 4.69) is 20.0 Å². The zero-order chi connectivity index (χ0) is 19.4. The lowest BCUT2D eigenvalue weighted by Gasteiger charge is -2.32. The summed E-state index contributed by atoms with van der Waals surface area (Å²) in [4.78, 5) is 28.7. The van der Waals surface area contributed by atoms with Gasteiger partial charge in [-0.1, -0.05) is 10.3 Å². The van der Waals surface area contributed by atoms with E-state index in [-0.39, 0.29) is 17.7 Å². The van der Waals surface area contributed by atoms with Crippen LogP contribution in [-0.4, -0.2) is 61.8 Å². The van der Waals surface area contributed by atoms with Gasteiger partial charge in [0.2, 0.25) is 5.91 Å². The standard InChI is InChI=1S/C18H26N6O3/c1-4-24-9-7-15(19-24)18(26)23-8-5-6-14(11-23)10-17(25)22(3)12-16-13(2)20-27-21-16/h7,9,14H,4-6,8,10-12H2,1-3H3. The largest absolute Gasteiger partial charge is 0.340 e. The Morgan fingerprint density at radius 1 is 1.37 bits per heavy atom. The summed E-state index contributed by atoms with van der Waals surface area (Å²) in [5.74, 6) is 0.131. The average Bonchev–Trinajstić information content (AvgIpc) is 3.30. The fraction of sp³-hybridized carbons (Fsp3) is 0.611. The summed E-state index contributed by atoms with van der Waals surface area (Å²) in [6.07, 6.45) is 4.06. The van der Waals surface area contributed by atoms with E-state index in [0.717, 1.165) is 19.4 Å². The number of piperidine rings is 1. The van der Waals surface area contributed by atoms with Crippen molar-refractivity contribution in [1.29, 1.82) is 0 Å². The Morgan fingerprint density at radius 2 is 2.19 bits per heavy atom. The molecule has 0 aromatic carbocycles. The van der Waals surface area contributed by atoms with E-state index in [1.54, 1.807) is 29.6 Å². The molecule has 9 nitrogen and oxygen atoms in total. The molecular weight excluding hydrogens is 348 g/mol. The molecule has 1 unspecified atom stereocenters. The summed E-state index contributed by atoms with van der Waals surface area (Å²) < 4.78 is 6.42. The molecule has 0 N–H and O–H groups in total. The number of nitrogens with zero attached hydrogens (tertiary/aromatic N) is 6. The van der Waals surface area contributed by atoms with E-state index in [0.29, 0.717) is 43.1 Å². The molecule has 1 atom stereocenters. The minimum absolute atomic E-state index is 0.0342. The van der Waals surface area contributed by atoms with E-state index in [4.69, 9.17) is 0 Å². The molecule has 2 aromatic heterocycles. The monoisotopic (exact) mass is 374 g/mol. The molecule has 3 heterocycles. The van der Waals surface area contributed by atoms with E-state index in [1.165, 1.54) is 0 Å². The van der Waals surface area contributed by atoms with Crippen LogP contribution in [0.1, 0.15) is 48.1 Å². The summed E-state index contributed by atoms with van der Waals surface area (Å²) >= 11 is 0. The molecule has 2 aromatic rings. The van der Waals surface area contributed by atoms with Crippen LogP contribution >= 0.6 is 0 Å². The maximum Gasteiger partial charge on any atom is 0.274 e. The molecule has 1 aliphatic rings. The summed E-state index contributed by atoms with van der Waals surface area (Å²) in [5, 5.41) is 11.9. The van der Waals surface area contributed by atoms with Crippen LogP contribution < -0.4 is 0 Å². The van der Waals surface area contributed by atoms with Crippen LogP contribution in [0.5, 0.6) is 0 Å². The van der Waals surface area contributed by atoms with Crippen molar-refractivity contribution in [2.24, 2.45) is 5.92 Å². The average molecular weight is 374 g/mol. The Labute approximate surface area is 158 Å². The predicted molar refractivity (Wildman–Crippen MR) is 96.7 cm³/mol. The first kappa shape index (κ1) is 19.1. The van der Waals surface area contributed by atoms with Crippen molar-refractivity contribution in [1.82, 2.24) is 29.9 Å². The summed E-state index contributed by atoms with van der Waals surface area (Å²) in [7, 11) is 1.75. The van der Waals surface area contributed by atoms with Gasteiger partial charge in [0.15, 0.2) is 0 Å². The first-order valence-electron chi connectivity index (χ1n) is 9.32. The second kappa shape index (κ2) is 8.32. The first-order valence-corrected chi connectivity index (χ1v) is 9.32. The van der Waals surface area contributed by atoms with E-state index in [9.17, 15) is 9.59 Å². The molecule has 27 heavy (non-hydrogen) atoms. The van der Waals surface area contributed by atoms with Gasteiger partial charge in [0, 0.05) is 39.3 Å². The third kappa shape index (κ3) is 4.53. The molecule has 0 bridgehead atoms. The lowest BCUT2D eigenvalue weighted by atomic mass is 9.94. The highest BCUT2D eigenvalue weighted by Crippen LogP contribution is 2.22. The minimum Gasteiger partial charge on any atom is -0.340 e. The molecule has 2 amide bonds. The van der Waals surface area contributed by atoms with Crippen molar-refractivity contribution in [3.05, 3.63) is 29.3 Å². The third-order valence-electron chi connectivity index (χ3n) is 5.01. The molecule has 9 heteroatoms. The van der Waals surface area contributed by atoms with Gasteiger partial charge in [0.05, 0.1) is 6.54 Å². The van der Waals surface area contributed by atoms with E-state index >= 15 is 0 Å². The number of aromatic nitrogens is 4. The van der Waals surface area contributed by atoms with Crippen molar-refractivity contribution < 1.29 is 14.2 Å². The Hall–Kier alpha value is -2.71. The Morgan fingerprint density at radius 3 is 2.85 bits per heavy atom. The highest BCUT2D eigenvalue weighted by Gasteiger charge is 2.28. The Balaban J connectivity index is 1.55. The van der Waals surface area contributed by atoms with Crippen LogP contribution in [0.25, 0.3) is 0 Å². The molecule has 0 aliphatic carbocycles. The number of carbonyl (C=O) groups is 2. The SMILES string of the molecule is CCn1ccc(C(=O)N2CCCC(CC(=O)N(C)Cc3nonc3C)C2)n1. The maximum atomic E-state index is 12.7. The second-order valence-electron chi connectivity index (χ2n) is 7.07. The van der Waals surface area contributed by atoms with Gasteiger partial charge in [-0.05, 0) is 38.7 Å². The maximum absolute atomic E-state index is 12.7. The van der Waals surface area contributed by atoms with Crippen LogP contribution in [0.3, 0.4) is 0 Å². The highest BCUT2D eigenvalue weighted by molar-refractivity contribution is 5.92. The van der Waals surface area contributed by atoms with Crippen molar-refractivity contribution >= 4 is 11.8 Å². The van der Waals surface area contributed by atoms with Gasteiger partial charge in [-0.3, -0.25) is 14.3 Å². The molecule has 3 rings (SSSR count). The van der Waals surface area contributed by atoms with Gasteiger partial charge in [0.1, 0.15) is 17.1 Å². The zero-order valence-electron chi connectivity index (χ0n) is 16.1. The topological polar surface area (TPSA) is 97.4 Å². The molecule has 0 spiro atoms. The number of hydrogen-bond donors (Lipinski definition) is 0. The third-order valence-corrected chi connectivity index (χ3v) is 5.01. The van der Waals surface area contributed by atoms with Gasteiger partial charge in [-0.25, -0.2) is 4.63 Å². The molecular formula is C18H26N6O3. The predicted octanol–water partition coefficient (Wildman–Crippen LogP) is 1.50. The quantitative estimate of drug-likeness (QED) is 0.760. The lowest BCUT2D eigenvalue weighted by Crippen LogP contribution is -2.41. The molecule has 146 valence electrons. The number of hydrogen-bond acceptors (Lipinski definition) is 6. The zero-order valence-corrected chi connectivity index (χ0v) is 16.1. The van der Waals surface area contributed by atoms with Crippen LogP contribution in [0.2, 0.25) is 0 Å². The molecule has 0 saturated carbocycles. The van der Waals surface area contributed by atoms with Crippen molar-refractivity contribution in [3.63, 3.8) is 0 Å². The van der Waals surface area contributed by atoms with Crippen molar-refractivity contribution in [3.8, 4) is 0 Å². The summed E-state index contributed by atoms with van der Waals surface area (Å²) in [6.45, 7) is 6.19. The van der Waals surface area contributed by atoms with Crippen LogP contribution in [0, 0.1) is 12.8 Å². The highest BCUT2D eigenvalue weighted by atomic mass is 16.6. The number of rotatable bonds is 6. The van der Waals surface area contributed by atoms with Crippen LogP contribution in [0.4, 0.5) is 0 Å². The molecule has 0 radical (unpaired) electrons. The van der Waals surface area contributed by atoms with E-state index < -0.39 is 0 Å². The lowest BCUT2D eigenvalue weighted by molar-refractivity contribution is -0.131. The van der Waals surface area contributed by atoms with Gasteiger partial charge in [-0.2, -0.15) is 5.10 Å². The number of amides is 2. The first-order chi connectivity index (χ1) is 13.0. The second-order valence-corrected chi connectivity index (χ2v) is 7.07. The smallest absolute Gasteiger partial charge is 0.274 e. The van der Waals surface area contributed by atoms with Crippen LogP contribution in [0.15, 0.2) is 16.9 Å². The van der Waals surface area contributed by atoms with Crippen molar-refractivity contribution in [2.45, 2.75) is 46.2 Å². The van der Waals surface area contributed by atoms with Gasteiger partial charge >= 0.3 is 0 Å². The fourth-order valence-corrected chi connectivity index (χ4v) is 3.34. The summed E-state index contributed by atoms with van der Waals surface area (Å²) in [5.41, 5.74) is 1.82. The molecule has 1 saturated heterocycles. The van der Waals surface area contributed by atoms with Crippen molar-refractivity contribution in [2.75, 3.05) is 20.1 Å². The number of carbonyl (C=O) groups excluding carboxylic acids is 2. The minimum atomic E-state index is -0.0583. The normalized spacial score (nSPS) is 17.1. The van der Waals surface area contributed by atoms with Gasteiger partial charge in [0.25, 0.3) is 5.91 Å². The van der Waals surface area contributed by atoms with Gasteiger partial charge in [-0.15, -0.1) is 0 Å². The fourth-order valence-electron chi connectivity index (χ4n) is 3.34. The number of aryl methyl sites for hydroxylation is 2. The van der Waals surface area contributed by atoms with Crippen LogP contribution in [-0.2, 0) is 17.9 Å². The molecule has 1 fully saturated rings. The molecule has 1 aliphatic heterocycles. The van der Waals surface area contributed by atoms with E-state index in [1.807, 2.05) is 18.0 Å².